The van der Waals surface area contributed by atoms with Crippen LogP contribution in [0.2, 0.25) is 0 Å². The molecule has 9 heteroatoms. The van der Waals surface area contributed by atoms with Crippen molar-refractivity contribution in [1.29, 1.82) is 0 Å². The molecule has 3 aliphatic rings. The molecule has 2 fully saturated rings. The maximum absolute atomic E-state index is 12.8. The first kappa shape index (κ1) is 21.1. The molecule has 3 amide bonds. The van der Waals surface area contributed by atoms with Crippen molar-refractivity contribution in [3.63, 3.8) is 0 Å². The topological polar surface area (TPSA) is 98.8 Å². The van der Waals surface area contributed by atoms with Crippen molar-refractivity contribution in [3.05, 3.63) is 23.8 Å². The molecule has 164 valence electrons. The zero-order valence-corrected chi connectivity index (χ0v) is 18.2. The van der Waals surface area contributed by atoms with Gasteiger partial charge in [-0.3, -0.25) is 9.69 Å². The molecule has 0 bridgehead atoms. The molecule has 4 rings (SSSR count). The van der Waals surface area contributed by atoms with Gasteiger partial charge in [-0.1, -0.05) is 12.8 Å². The van der Waals surface area contributed by atoms with Crippen LogP contribution in [0.4, 0.5) is 10.5 Å². The third-order valence-electron chi connectivity index (χ3n) is 6.29. The molecular formula is C21H30N4O4S. The summed E-state index contributed by atoms with van der Waals surface area (Å²) in [6, 6.07) is 4.13. The van der Waals surface area contributed by atoms with Crippen LogP contribution in [-0.4, -0.2) is 57.0 Å². The number of likely N-dealkylation sites (tertiary alicyclic amines) is 1. The molecule has 1 aliphatic carbocycles. The first-order valence-electron chi connectivity index (χ1n) is 10.9. The number of sulfonamides is 1. The zero-order chi connectivity index (χ0) is 21.3. The fourth-order valence-electron chi connectivity index (χ4n) is 4.57. The van der Waals surface area contributed by atoms with E-state index in [1.165, 1.54) is 6.07 Å². The van der Waals surface area contributed by atoms with Crippen LogP contribution >= 0.6 is 0 Å². The molecule has 1 aromatic carbocycles. The molecule has 0 aromatic heterocycles. The number of amides is 3. The quantitative estimate of drug-likeness (QED) is 0.740. The SMILES string of the molecule is C[C@H](NS(=O)(=O)c1ccc2c(c1)CCN2C(=O)N1CCCC1)C(=O)NC1CCCC1. The number of benzene rings is 1. The van der Waals surface area contributed by atoms with E-state index in [-0.39, 0.29) is 22.9 Å². The number of nitrogens with zero attached hydrogens (tertiary/aromatic N) is 2. The number of anilines is 1. The number of hydrogen-bond acceptors (Lipinski definition) is 4. The minimum atomic E-state index is -3.84. The van der Waals surface area contributed by atoms with Crippen molar-refractivity contribution in [2.75, 3.05) is 24.5 Å². The van der Waals surface area contributed by atoms with E-state index in [0.717, 1.165) is 62.9 Å². The van der Waals surface area contributed by atoms with Crippen LogP contribution < -0.4 is 14.9 Å². The molecule has 2 aliphatic heterocycles. The first-order valence-corrected chi connectivity index (χ1v) is 12.4. The maximum atomic E-state index is 12.8. The lowest BCUT2D eigenvalue weighted by Crippen LogP contribution is -2.47. The van der Waals surface area contributed by atoms with Crippen molar-refractivity contribution in [2.24, 2.45) is 0 Å². The standard InChI is InChI=1S/C21H30N4O4S/c1-15(20(26)22-17-6-2-3-7-17)23-30(28,29)18-8-9-19-16(14-18)10-13-25(19)21(27)24-11-4-5-12-24/h8-9,14-15,17,23H,2-7,10-13H2,1H3,(H,22,26)/t15-/m0/s1. The van der Waals surface area contributed by atoms with E-state index < -0.39 is 16.1 Å². The highest BCUT2D eigenvalue weighted by atomic mass is 32.2. The Labute approximate surface area is 178 Å². The summed E-state index contributed by atoms with van der Waals surface area (Å²) in [6.07, 6.45) is 6.76. The third-order valence-corrected chi connectivity index (χ3v) is 7.83. The number of carbonyl (C=O) groups is 2. The van der Waals surface area contributed by atoms with Crippen LogP contribution in [0.5, 0.6) is 0 Å². The Kier molecular flexibility index (Phi) is 6.02. The van der Waals surface area contributed by atoms with Gasteiger partial charge < -0.3 is 10.2 Å². The van der Waals surface area contributed by atoms with Crippen molar-refractivity contribution < 1.29 is 18.0 Å². The van der Waals surface area contributed by atoms with Gasteiger partial charge in [0.2, 0.25) is 15.9 Å². The molecule has 0 spiro atoms. The highest BCUT2D eigenvalue weighted by Gasteiger charge is 2.31. The number of hydrogen-bond donors (Lipinski definition) is 2. The Bertz CT molecular complexity index is 921. The van der Waals surface area contributed by atoms with Crippen LogP contribution in [0.3, 0.4) is 0 Å². The number of fused-ring (bicyclic) bond motifs is 1. The van der Waals surface area contributed by atoms with E-state index in [0.29, 0.717) is 13.0 Å². The summed E-state index contributed by atoms with van der Waals surface area (Å²) in [4.78, 5) is 28.8. The molecule has 8 nitrogen and oxygen atoms in total. The van der Waals surface area contributed by atoms with Gasteiger partial charge >= 0.3 is 6.03 Å². The lowest BCUT2D eigenvalue weighted by molar-refractivity contribution is -0.123. The molecule has 2 heterocycles. The fourth-order valence-corrected chi connectivity index (χ4v) is 5.83. The molecule has 1 atom stereocenters. The smallest absolute Gasteiger partial charge is 0.324 e. The molecule has 1 saturated heterocycles. The first-order chi connectivity index (χ1) is 14.3. The second kappa shape index (κ2) is 8.55. The van der Waals surface area contributed by atoms with Gasteiger partial charge in [-0.15, -0.1) is 0 Å². The number of nitrogens with one attached hydrogen (secondary N) is 2. The highest BCUT2D eigenvalue weighted by Crippen LogP contribution is 2.31. The lowest BCUT2D eigenvalue weighted by Gasteiger charge is -2.24. The Morgan fingerprint density at radius 2 is 1.77 bits per heavy atom. The highest BCUT2D eigenvalue weighted by molar-refractivity contribution is 7.89. The Balaban J connectivity index is 1.43. The average Bonchev–Trinajstić information content (AvgIpc) is 3.47. The largest absolute Gasteiger partial charge is 0.352 e. The Morgan fingerprint density at radius 1 is 1.07 bits per heavy atom. The van der Waals surface area contributed by atoms with E-state index in [1.54, 1.807) is 24.0 Å². The van der Waals surface area contributed by atoms with Crippen molar-refractivity contribution in [1.82, 2.24) is 14.9 Å². The normalized spacial score (nSPS) is 20.4. The molecular weight excluding hydrogens is 404 g/mol. The minimum absolute atomic E-state index is 0.00260. The summed E-state index contributed by atoms with van der Waals surface area (Å²) in [5, 5.41) is 2.92. The summed E-state index contributed by atoms with van der Waals surface area (Å²) < 4.78 is 28.1. The second-order valence-corrected chi connectivity index (χ2v) is 10.2. The van der Waals surface area contributed by atoms with Gasteiger partial charge in [0, 0.05) is 31.4 Å². The van der Waals surface area contributed by atoms with Crippen molar-refractivity contribution >= 4 is 27.6 Å². The molecule has 1 aromatic rings. The third kappa shape index (κ3) is 4.32. The van der Waals surface area contributed by atoms with E-state index in [9.17, 15) is 18.0 Å². The summed E-state index contributed by atoms with van der Waals surface area (Å²) >= 11 is 0. The second-order valence-electron chi connectivity index (χ2n) is 8.50. The number of urea groups is 1. The summed E-state index contributed by atoms with van der Waals surface area (Å²) in [5.41, 5.74) is 1.62. The fraction of sp³-hybridized carbons (Fsp3) is 0.619. The monoisotopic (exact) mass is 434 g/mol. The van der Waals surface area contributed by atoms with E-state index in [1.807, 2.05) is 4.90 Å². The van der Waals surface area contributed by atoms with Crippen molar-refractivity contribution in [2.45, 2.75) is 68.8 Å². The van der Waals surface area contributed by atoms with Gasteiger partial charge in [-0.05, 0) is 62.8 Å². The van der Waals surface area contributed by atoms with E-state index >= 15 is 0 Å². The molecule has 30 heavy (non-hydrogen) atoms. The average molecular weight is 435 g/mol. The predicted molar refractivity (Wildman–Crippen MR) is 114 cm³/mol. The maximum Gasteiger partial charge on any atom is 0.324 e. The van der Waals surface area contributed by atoms with Crippen LogP contribution in [0.15, 0.2) is 23.1 Å². The van der Waals surface area contributed by atoms with Gasteiger partial charge in [0.05, 0.1) is 10.9 Å². The van der Waals surface area contributed by atoms with Crippen LogP contribution in [-0.2, 0) is 21.2 Å². The van der Waals surface area contributed by atoms with Crippen LogP contribution in [0.25, 0.3) is 0 Å². The van der Waals surface area contributed by atoms with E-state index in [4.69, 9.17) is 0 Å². The molecule has 1 saturated carbocycles. The summed E-state index contributed by atoms with van der Waals surface area (Å²) in [6.45, 7) is 3.68. The summed E-state index contributed by atoms with van der Waals surface area (Å²) in [5.74, 6) is -0.297. The van der Waals surface area contributed by atoms with Crippen molar-refractivity contribution in [3.8, 4) is 0 Å². The van der Waals surface area contributed by atoms with Gasteiger partial charge in [0.1, 0.15) is 0 Å². The van der Waals surface area contributed by atoms with Gasteiger partial charge in [-0.2, -0.15) is 4.72 Å². The molecule has 0 unspecified atom stereocenters. The van der Waals surface area contributed by atoms with Gasteiger partial charge in [0.25, 0.3) is 0 Å². The molecule has 2 N–H and O–H groups in total. The number of rotatable bonds is 5. The molecule has 0 radical (unpaired) electrons. The zero-order valence-electron chi connectivity index (χ0n) is 17.4. The summed E-state index contributed by atoms with van der Waals surface area (Å²) in [7, 11) is -3.84. The van der Waals surface area contributed by atoms with Gasteiger partial charge in [0.15, 0.2) is 0 Å². The Hall–Kier alpha value is -2.13. The van der Waals surface area contributed by atoms with Crippen LogP contribution in [0.1, 0.15) is 51.0 Å². The number of carbonyl (C=O) groups excluding carboxylic acids is 2. The minimum Gasteiger partial charge on any atom is -0.352 e. The lowest BCUT2D eigenvalue weighted by atomic mass is 10.2. The van der Waals surface area contributed by atoms with Gasteiger partial charge in [-0.25, -0.2) is 13.2 Å². The van der Waals surface area contributed by atoms with Crippen LogP contribution in [0, 0.1) is 0 Å². The van der Waals surface area contributed by atoms with E-state index in [2.05, 4.69) is 10.0 Å². The Morgan fingerprint density at radius 3 is 2.47 bits per heavy atom. The predicted octanol–water partition coefficient (Wildman–Crippen LogP) is 1.99.